The molecule has 2 aromatic rings. The van der Waals surface area contributed by atoms with Crippen molar-refractivity contribution in [2.24, 2.45) is 5.92 Å². The van der Waals surface area contributed by atoms with Gasteiger partial charge in [0.1, 0.15) is 5.82 Å². The third-order valence-corrected chi connectivity index (χ3v) is 3.80. The molecule has 3 heterocycles. The van der Waals surface area contributed by atoms with E-state index in [0.717, 1.165) is 24.3 Å². The molecule has 4 heteroatoms. The lowest BCUT2D eigenvalue weighted by Crippen LogP contribution is -2.33. The molecule has 3 rings (SSSR count). The van der Waals surface area contributed by atoms with Gasteiger partial charge in [0, 0.05) is 13.0 Å². The Morgan fingerprint density at radius 2 is 2.33 bits per heavy atom. The Kier molecular flexibility index (Phi) is 2.96. The van der Waals surface area contributed by atoms with Crippen molar-refractivity contribution in [1.29, 1.82) is 0 Å². The van der Waals surface area contributed by atoms with Gasteiger partial charge in [0.15, 0.2) is 5.88 Å². The van der Waals surface area contributed by atoms with Crippen LogP contribution in [-0.4, -0.2) is 39.5 Å². The van der Waals surface area contributed by atoms with E-state index in [-0.39, 0.29) is 5.88 Å². The number of aromatic hydroxyl groups is 1. The second-order valence-electron chi connectivity index (χ2n) is 5.29. The third-order valence-electron chi connectivity index (χ3n) is 3.80. The number of likely N-dealkylation sites (tertiary alicyclic amines) is 1. The van der Waals surface area contributed by atoms with Gasteiger partial charge in [-0.2, -0.15) is 0 Å². The lowest BCUT2D eigenvalue weighted by molar-refractivity contribution is 0.207. The van der Waals surface area contributed by atoms with Crippen LogP contribution in [0.5, 0.6) is 5.88 Å². The summed E-state index contributed by atoms with van der Waals surface area (Å²) in [6.45, 7) is 2.33. The van der Waals surface area contributed by atoms with Crippen molar-refractivity contribution in [2.75, 3.05) is 20.1 Å². The van der Waals surface area contributed by atoms with Crippen LogP contribution in [0, 0.1) is 5.92 Å². The van der Waals surface area contributed by atoms with Gasteiger partial charge in [-0.3, -0.25) is 4.40 Å². The Labute approximate surface area is 107 Å². The van der Waals surface area contributed by atoms with Crippen molar-refractivity contribution in [3.8, 4) is 5.88 Å². The smallest absolute Gasteiger partial charge is 0.197 e. The number of aromatic nitrogens is 2. The maximum absolute atomic E-state index is 9.93. The minimum atomic E-state index is 0.282. The summed E-state index contributed by atoms with van der Waals surface area (Å²) < 4.78 is 1.86. The van der Waals surface area contributed by atoms with Crippen molar-refractivity contribution in [3.05, 3.63) is 30.2 Å². The summed E-state index contributed by atoms with van der Waals surface area (Å²) in [7, 11) is 2.17. The summed E-state index contributed by atoms with van der Waals surface area (Å²) in [6.07, 6.45) is 5.29. The van der Waals surface area contributed by atoms with Crippen molar-refractivity contribution in [2.45, 2.75) is 19.3 Å². The van der Waals surface area contributed by atoms with E-state index in [1.165, 1.54) is 19.4 Å². The zero-order valence-electron chi connectivity index (χ0n) is 10.7. The first-order chi connectivity index (χ1) is 8.74. The molecule has 1 fully saturated rings. The van der Waals surface area contributed by atoms with Gasteiger partial charge in [-0.1, -0.05) is 6.07 Å². The maximum atomic E-state index is 9.93. The minimum absolute atomic E-state index is 0.282. The second-order valence-corrected chi connectivity index (χ2v) is 5.29. The van der Waals surface area contributed by atoms with Gasteiger partial charge < -0.3 is 10.0 Å². The number of hydrogen-bond acceptors (Lipinski definition) is 3. The number of pyridine rings is 1. The first kappa shape index (κ1) is 11.5. The normalized spacial score (nSPS) is 21.5. The molecule has 1 saturated heterocycles. The van der Waals surface area contributed by atoms with E-state index in [4.69, 9.17) is 0 Å². The highest BCUT2D eigenvalue weighted by Gasteiger charge is 2.19. The van der Waals surface area contributed by atoms with E-state index >= 15 is 0 Å². The first-order valence-electron chi connectivity index (χ1n) is 6.57. The van der Waals surface area contributed by atoms with Crippen molar-refractivity contribution in [1.82, 2.24) is 14.3 Å². The topological polar surface area (TPSA) is 40.8 Å². The van der Waals surface area contributed by atoms with Crippen LogP contribution in [-0.2, 0) is 6.42 Å². The fourth-order valence-corrected chi connectivity index (χ4v) is 2.94. The van der Waals surface area contributed by atoms with Crippen LogP contribution in [0.4, 0.5) is 0 Å². The predicted octanol–water partition coefficient (Wildman–Crippen LogP) is 1.92. The van der Waals surface area contributed by atoms with Crippen molar-refractivity contribution >= 4 is 5.52 Å². The molecule has 0 saturated carbocycles. The van der Waals surface area contributed by atoms with Gasteiger partial charge in [0.25, 0.3) is 0 Å². The largest absolute Gasteiger partial charge is 0.494 e. The maximum Gasteiger partial charge on any atom is 0.197 e. The number of fused-ring (bicyclic) bond motifs is 1. The Morgan fingerprint density at radius 1 is 1.44 bits per heavy atom. The van der Waals surface area contributed by atoms with E-state index in [9.17, 15) is 5.11 Å². The molecular weight excluding hydrogens is 226 g/mol. The van der Waals surface area contributed by atoms with Crippen LogP contribution in [0.3, 0.4) is 0 Å². The number of piperidine rings is 1. The number of rotatable bonds is 2. The molecule has 0 spiro atoms. The molecule has 4 nitrogen and oxygen atoms in total. The molecule has 1 atom stereocenters. The molecule has 96 valence electrons. The van der Waals surface area contributed by atoms with Crippen molar-refractivity contribution in [3.63, 3.8) is 0 Å². The van der Waals surface area contributed by atoms with Gasteiger partial charge >= 0.3 is 0 Å². The highest BCUT2D eigenvalue weighted by molar-refractivity contribution is 5.48. The molecule has 0 aromatic carbocycles. The SMILES string of the molecule is CN1CCCC(Cc2ncc3cccc(O)n23)C1. The highest BCUT2D eigenvalue weighted by atomic mass is 16.3. The van der Waals surface area contributed by atoms with Gasteiger partial charge in [-0.15, -0.1) is 0 Å². The molecule has 1 N–H and O–H groups in total. The van der Waals surface area contributed by atoms with Gasteiger partial charge in [-0.05, 0) is 44.5 Å². The summed E-state index contributed by atoms with van der Waals surface area (Å²) in [5.41, 5.74) is 0.967. The molecule has 0 aliphatic carbocycles. The fraction of sp³-hybridized carbons (Fsp3) is 0.500. The lowest BCUT2D eigenvalue weighted by atomic mass is 9.95. The van der Waals surface area contributed by atoms with E-state index in [1.54, 1.807) is 6.07 Å². The van der Waals surface area contributed by atoms with Crippen LogP contribution in [0.15, 0.2) is 24.4 Å². The molecule has 1 aliphatic rings. The summed E-state index contributed by atoms with van der Waals surface area (Å²) in [5, 5.41) is 9.93. The zero-order valence-corrected chi connectivity index (χ0v) is 10.7. The summed E-state index contributed by atoms with van der Waals surface area (Å²) in [4.78, 5) is 6.84. The lowest BCUT2D eigenvalue weighted by Gasteiger charge is -2.29. The van der Waals surface area contributed by atoms with E-state index in [1.807, 2.05) is 22.7 Å². The quantitative estimate of drug-likeness (QED) is 0.879. The third kappa shape index (κ3) is 2.08. The van der Waals surface area contributed by atoms with Crippen LogP contribution < -0.4 is 0 Å². The molecule has 2 aromatic heterocycles. The van der Waals surface area contributed by atoms with E-state index < -0.39 is 0 Å². The molecule has 0 amide bonds. The van der Waals surface area contributed by atoms with Crippen LogP contribution in [0.2, 0.25) is 0 Å². The Morgan fingerprint density at radius 3 is 3.17 bits per heavy atom. The number of nitrogens with zero attached hydrogens (tertiary/aromatic N) is 3. The zero-order chi connectivity index (χ0) is 12.5. The van der Waals surface area contributed by atoms with E-state index in [0.29, 0.717) is 5.92 Å². The highest BCUT2D eigenvalue weighted by Crippen LogP contribution is 2.22. The number of imidazole rings is 1. The van der Waals surface area contributed by atoms with Gasteiger partial charge in [0.2, 0.25) is 0 Å². The Bertz CT molecular complexity index is 549. The average Bonchev–Trinajstić information content (AvgIpc) is 2.74. The molecule has 0 bridgehead atoms. The van der Waals surface area contributed by atoms with Gasteiger partial charge in [0.05, 0.1) is 11.7 Å². The van der Waals surface area contributed by atoms with E-state index in [2.05, 4.69) is 16.9 Å². The monoisotopic (exact) mass is 245 g/mol. The van der Waals surface area contributed by atoms with Crippen molar-refractivity contribution < 1.29 is 5.11 Å². The fourth-order valence-electron chi connectivity index (χ4n) is 2.94. The van der Waals surface area contributed by atoms with Crippen LogP contribution in [0.25, 0.3) is 5.52 Å². The Hall–Kier alpha value is -1.55. The molecular formula is C14H19N3O. The second kappa shape index (κ2) is 4.61. The first-order valence-corrected chi connectivity index (χ1v) is 6.57. The minimum Gasteiger partial charge on any atom is -0.494 e. The molecule has 18 heavy (non-hydrogen) atoms. The molecule has 1 unspecified atom stereocenters. The average molecular weight is 245 g/mol. The van der Waals surface area contributed by atoms with Crippen LogP contribution in [0.1, 0.15) is 18.7 Å². The summed E-state index contributed by atoms with van der Waals surface area (Å²) in [5.74, 6) is 1.90. The standard InChI is InChI=1S/C14H19N3O/c1-16-7-3-4-11(10-16)8-13-15-9-12-5-2-6-14(18)17(12)13/h2,5-6,9,11,18H,3-4,7-8,10H2,1H3. The van der Waals surface area contributed by atoms with Crippen LogP contribution >= 0.6 is 0 Å². The van der Waals surface area contributed by atoms with Gasteiger partial charge in [-0.25, -0.2) is 4.98 Å². The summed E-state index contributed by atoms with van der Waals surface area (Å²) >= 11 is 0. The Balaban J connectivity index is 1.86. The molecule has 1 aliphatic heterocycles. The molecule has 0 radical (unpaired) electrons. The predicted molar refractivity (Wildman–Crippen MR) is 70.8 cm³/mol. The number of hydrogen-bond donors (Lipinski definition) is 1. The summed E-state index contributed by atoms with van der Waals surface area (Å²) in [6, 6.07) is 5.54.